The lowest BCUT2D eigenvalue weighted by molar-refractivity contribution is -0.0158. The summed E-state index contributed by atoms with van der Waals surface area (Å²) in [4.78, 5) is 25.7. The molecule has 7 nitrogen and oxygen atoms in total. The second-order valence-corrected chi connectivity index (χ2v) is 6.64. The molecule has 8 heteroatoms. The van der Waals surface area contributed by atoms with E-state index in [1.54, 1.807) is 35.2 Å². The summed E-state index contributed by atoms with van der Waals surface area (Å²) in [7, 11) is 0. The Balaban J connectivity index is 1.57. The highest BCUT2D eigenvalue weighted by Crippen LogP contribution is 2.25. The molecule has 0 radical (unpaired) electrons. The van der Waals surface area contributed by atoms with Crippen LogP contribution < -0.4 is 16.6 Å². The van der Waals surface area contributed by atoms with Crippen molar-refractivity contribution in [3.05, 3.63) is 70.5 Å². The van der Waals surface area contributed by atoms with E-state index in [2.05, 4.69) is 10.7 Å². The fraction of sp³-hybridized carbons (Fsp3) is 0.300. The lowest BCUT2D eigenvalue weighted by atomic mass is 10.0. The predicted molar refractivity (Wildman–Crippen MR) is 102 cm³/mol. The van der Waals surface area contributed by atoms with Crippen molar-refractivity contribution >= 4 is 11.9 Å². The maximum Gasteiger partial charge on any atom is 0.317 e. The van der Waals surface area contributed by atoms with Crippen molar-refractivity contribution in [2.24, 2.45) is 5.84 Å². The number of halogens is 1. The molecule has 0 saturated carbocycles. The number of rotatable bonds is 4. The van der Waals surface area contributed by atoms with Gasteiger partial charge in [-0.3, -0.25) is 10.2 Å². The van der Waals surface area contributed by atoms with Gasteiger partial charge in [0.05, 0.1) is 13.2 Å². The molecule has 0 aromatic heterocycles. The zero-order valence-corrected chi connectivity index (χ0v) is 15.6. The first-order valence-electron chi connectivity index (χ1n) is 8.98. The van der Waals surface area contributed by atoms with Gasteiger partial charge in [-0.15, -0.1) is 0 Å². The van der Waals surface area contributed by atoms with E-state index in [1.165, 1.54) is 12.1 Å². The molecule has 3 rings (SSSR count). The molecule has 1 fully saturated rings. The average Bonchev–Trinajstić information content (AvgIpc) is 2.72. The Labute approximate surface area is 162 Å². The molecule has 2 aromatic carbocycles. The minimum atomic E-state index is -0.369. The number of nitrogen functional groups attached to an aromatic ring is 1. The zero-order valence-electron chi connectivity index (χ0n) is 15.6. The van der Waals surface area contributed by atoms with Crippen molar-refractivity contribution < 1.29 is 18.7 Å². The van der Waals surface area contributed by atoms with Gasteiger partial charge >= 0.3 is 6.03 Å². The van der Waals surface area contributed by atoms with Crippen LogP contribution in [0.2, 0.25) is 0 Å². The highest BCUT2D eigenvalue weighted by Gasteiger charge is 2.26. The van der Waals surface area contributed by atoms with E-state index in [0.29, 0.717) is 31.8 Å². The number of urea groups is 1. The number of hydrazine groups is 1. The average molecular weight is 386 g/mol. The highest BCUT2D eigenvalue weighted by molar-refractivity contribution is 5.93. The molecule has 1 aliphatic rings. The molecular formula is C20H23FN4O3. The first-order chi connectivity index (χ1) is 13.5. The monoisotopic (exact) mass is 386 g/mol. The number of morpholine rings is 1. The number of amides is 3. The van der Waals surface area contributed by atoms with Crippen LogP contribution in [0.4, 0.5) is 9.18 Å². The fourth-order valence-electron chi connectivity index (χ4n) is 3.17. The second kappa shape index (κ2) is 8.81. The normalized spacial score (nSPS) is 16.5. The third-order valence-electron chi connectivity index (χ3n) is 4.72. The number of nitrogens with one attached hydrogen (secondary N) is 2. The van der Waals surface area contributed by atoms with Gasteiger partial charge < -0.3 is 15.0 Å². The number of carbonyl (C=O) groups excluding carboxylic acids is 2. The predicted octanol–water partition coefficient (Wildman–Crippen LogP) is 2.02. The van der Waals surface area contributed by atoms with Crippen LogP contribution in [-0.2, 0) is 11.3 Å². The van der Waals surface area contributed by atoms with E-state index in [-0.39, 0.29) is 23.9 Å². The van der Waals surface area contributed by atoms with Crippen molar-refractivity contribution in [2.75, 3.05) is 19.7 Å². The van der Waals surface area contributed by atoms with Crippen LogP contribution >= 0.6 is 0 Å². The lowest BCUT2D eigenvalue weighted by Crippen LogP contribution is -2.47. The summed E-state index contributed by atoms with van der Waals surface area (Å²) in [6.45, 7) is 3.46. The van der Waals surface area contributed by atoms with Crippen LogP contribution in [-0.4, -0.2) is 36.5 Å². The quantitative estimate of drug-likeness (QED) is 0.425. The Morgan fingerprint density at radius 2 is 2.00 bits per heavy atom. The number of hydrogen-bond donors (Lipinski definition) is 3. The molecule has 1 saturated heterocycles. The first-order valence-corrected chi connectivity index (χ1v) is 8.98. The highest BCUT2D eigenvalue weighted by atomic mass is 19.1. The second-order valence-electron chi connectivity index (χ2n) is 6.64. The van der Waals surface area contributed by atoms with Gasteiger partial charge in [-0.05, 0) is 47.9 Å². The molecule has 28 heavy (non-hydrogen) atoms. The van der Waals surface area contributed by atoms with Gasteiger partial charge in [0, 0.05) is 18.7 Å². The molecule has 4 N–H and O–H groups in total. The van der Waals surface area contributed by atoms with E-state index in [9.17, 15) is 14.0 Å². The van der Waals surface area contributed by atoms with Crippen LogP contribution in [0.3, 0.4) is 0 Å². The van der Waals surface area contributed by atoms with Gasteiger partial charge in [0.25, 0.3) is 5.91 Å². The number of nitrogens with two attached hydrogens (primary N) is 1. The molecule has 2 aromatic rings. The Morgan fingerprint density at radius 3 is 2.68 bits per heavy atom. The van der Waals surface area contributed by atoms with Gasteiger partial charge in [0.15, 0.2) is 0 Å². The van der Waals surface area contributed by atoms with Gasteiger partial charge in [-0.2, -0.15) is 0 Å². The van der Waals surface area contributed by atoms with Crippen molar-refractivity contribution in [1.82, 2.24) is 15.6 Å². The molecule has 1 unspecified atom stereocenters. The molecule has 0 bridgehead atoms. The van der Waals surface area contributed by atoms with Crippen LogP contribution in [0.1, 0.15) is 33.2 Å². The Bertz CT molecular complexity index is 857. The number of aryl methyl sites for hydroxylation is 1. The summed E-state index contributed by atoms with van der Waals surface area (Å²) in [5, 5.41) is 2.87. The standard InChI is InChI=1S/C20H23FN4O3/c1-13-10-16(21)6-7-17(13)18-12-25(8-9-28-18)20(27)23-11-14-2-4-15(5-3-14)19(26)24-22/h2-7,10,18H,8-9,11-12,22H2,1H3,(H,23,27)(H,24,26). The summed E-state index contributed by atoms with van der Waals surface area (Å²) in [5.41, 5.74) is 5.06. The first kappa shape index (κ1) is 19.8. The largest absolute Gasteiger partial charge is 0.370 e. The number of benzene rings is 2. The van der Waals surface area contributed by atoms with Crippen LogP contribution in [0.15, 0.2) is 42.5 Å². The minimum Gasteiger partial charge on any atom is -0.370 e. The van der Waals surface area contributed by atoms with Crippen molar-refractivity contribution in [2.45, 2.75) is 19.6 Å². The summed E-state index contributed by atoms with van der Waals surface area (Å²) in [6, 6.07) is 11.2. The van der Waals surface area contributed by atoms with Gasteiger partial charge in [0.2, 0.25) is 0 Å². The van der Waals surface area contributed by atoms with E-state index in [0.717, 1.165) is 16.7 Å². The van der Waals surface area contributed by atoms with Crippen molar-refractivity contribution in [3.8, 4) is 0 Å². The molecule has 0 spiro atoms. The van der Waals surface area contributed by atoms with Crippen molar-refractivity contribution in [1.29, 1.82) is 0 Å². The SMILES string of the molecule is Cc1cc(F)ccc1C1CN(C(=O)NCc2ccc(C(=O)NN)cc2)CCO1. The van der Waals surface area contributed by atoms with E-state index in [1.807, 2.05) is 6.92 Å². The van der Waals surface area contributed by atoms with E-state index < -0.39 is 0 Å². The van der Waals surface area contributed by atoms with Crippen LogP contribution in [0.25, 0.3) is 0 Å². The maximum atomic E-state index is 13.3. The van der Waals surface area contributed by atoms with Crippen LogP contribution in [0, 0.1) is 12.7 Å². The maximum absolute atomic E-state index is 13.3. The zero-order chi connectivity index (χ0) is 20.1. The Kier molecular flexibility index (Phi) is 6.23. The third-order valence-corrected chi connectivity index (χ3v) is 4.72. The molecule has 148 valence electrons. The lowest BCUT2D eigenvalue weighted by Gasteiger charge is -2.33. The number of ether oxygens (including phenoxy) is 1. The van der Waals surface area contributed by atoms with E-state index >= 15 is 0 Å². The molecular weight excluding hydrogens is 363 g/mol. The third kappa shape index (κ3) is 4.65. The molecule has 1 atom stereocenters. The topological polar surface area (TPSA) is 96.7 Å². The molecule has 1 heterocycles. The fourth-order valence-corrected chi connectivity index (χ4v) is 3.17. The number of carbonyl (C=O) groups is 2. The summed E-state index contributed by atoms with van der Waals surface area (Å²) in [5.74, 6) is 4.44. The summed E-state index contributed by atoms with van der Waals surface area (Å²) in [6.07, 6.45) is -0.283. The Morgan fingerprint density at radius 1 is 1.25 bits per heavy atom. The smallest absolute Gasteiger partial charge is 0.317 e. The molecule has 0 aliphatic carbocycles. The number of hydrogen-bond acceptors (Lipinski definition) is 4. The van der Waals surface area contributed by atoms with Gasteiger partial charge in [-0.25, -0.2) is 15.0 Å². The Hall–Kier alpha value is -2.97. The minimum absolute atomic E-state index is 0.197. The number of nitrogens with zero attached hydrogens (tertiary/aromatic N) is 1. The van der Waals surface area contributed by atoms with Crippen molar-refractivity contribution in [3.63, 3.8) is 0 Å². The molecule has 1 aliphatic heterocycles. The van der Waals surface area contributed by atoms with Gasteiger partial charge in [-0.1, -0.05) is 18.2 Å². The van der Waals surface area contributed by atoms with E-state index in [4.69, 9.17) is 10.6 Å². The summed E-state index contributed by atoms with van der Waals surface area (Å²) >= 11 is 0. The van der Waals surface area contributed by atoms with Gasteiger partial charge in [0.1, 0.15) is 11.9 Å². The summed E-state index contributed by atoms with van der Waals surface area (Å²) < 4.78 is 19.1. The van der Waals surface area contributed by atoms with Crippen LogP contribution in [0.5, 0.6) is 0 Å². The molecule has 3 amide bonds.